The summed E-state index contributed by atoms with van der Waals surface area (Å²) >= 11 is 0. The molecular formula is C10H16N2O3S. The van der Waals surface area contributed by atoms with Crippen LogP contribution in [-0.4, -0.2) is 28.1 Å². The van der Waals surface area contributed by atoms with Gasteiger partial charge < -0.3 is 10.5 Å². The van der Waals surface area contributed by atoms with E-state index in [1.165, 1.54) is 19.2 Å². The molecule has 1 aromatic carbocycles. The predicted molar refractivity (Wildman–Crippen MR) is 61.8 cm³/mol. The van der Waals surface area contributed by atoms with E-state index >= 15 is 0 Å². The zero-order chi connectivity index (χ0) is 12.2. The average Bonchev–Trinajstić information content (AvgIpc) is 2.28. The van der Waals surface area contributed by atoms with E-state index < -0.39 is 10.0 Å². The van der Waals surface area contributed by atoms with Crippen LogP contribution < -0.4 is 15.2 Å². The van der Waals surface area contributed by atoms with Gasteiger partial charge in [-0.3, -0.25) is 0 Å². The number of ether oxygens (including phenoxy) is 1. The van der Waals surface area contributed by atoms with E-state index in [1.807, 2.05) is 0 Å². The maximum absolute atomic E-state index is 11.8. The summed E-state index contributed by atoms with van der Waals surface area (Å²) in [6.45, 7) is 1.96. The standard InChI is InChI=1S/C10H16N2O3S/c1-8(7-11)12-16(13,14)10-5-3-4-9(6-10)15-2/h3-6,8,12H,7,11H2,1-2H3/t8-/m1/s1. The second kappa shape index (κ2) is 5.29. The fourth-order valence-electron chi connectivity index (χ4n) is 1.15. The van der Waals surface area contributed by atoms with Gasteiger partial charge in [-0.1, -0.05) is 6.07 Å². The van der Waals surface area contributed by atoms with Crippen molar-refractivity contribution in [1.29, 1.82) is 0 Å². The highest BCUT2D eigenvalue weighted by molar-refractivity contribution is 7.89. The maximum atomic E-state index is 11.8. The van der Waals surface area contributed by atoms with Crippen molar-refractivity contribution in [3.05, 3.63) is 24.3 Å². The Balaban J connectivity index is 2.98. The van der Waals surface area contributed by atoms with Crippen molar-refractivity contribution in [2.45, 2.75) is 17.9 Å². The van der Waals surface area contributed by atoms with Crippen LogP contribution in [0.5, 0.6) is 5.75 Å². The Morgan fingerprint density at radius 3 is 2.75 bits per heavy atom. The first kappa shape index (κ1) is 13.0. The summed E-state index contributed by atoms with van der Waals surface area (Å²) in [7, 11) is -2.03. The Kier molecular flexibility index (Phi) is 4.28. The minimum Gasteiger partial charge on any atom is -0.497 e. The molecule has 0 aliphatic carbocycles. The summed E-state index contributed by atoms with van der Waals surface area (Å²) in [5.74, 6) is 0.503. The molecule has 0 heterocycles. The lowest BCUT2D eigenvalue weighted by Gasteiger charge is -2.12. The van der Waals surface area contributed by atoms with Gasteiger partial charge in [-0.2, -0.15) is 0 Å². The molecule has 0 bridgehead atoms. The van der Waals surface area contributed by atoms with Crippen LogP contribution in [0.15, 0.2) is 29.2 Å². The molecule has 0 spiro atoms. The molecule has 0 radical (unpaired) electrons. The number of hydrogen-bond acceptors (Lipinski definition) is 4. The summed E-state index contributed by atoms with van der Waals surface area (Å²) < 4.78 is 31.1. The molecule has 0 aromatic heterocycles. The van der Waals surface area contributed by atoms with Crippen molar-refractivity contribution in [2.75, 3.05) is 13.7 Å². The van der Waals surface area contributed by atoms with Crippen molar-refractivity contribution < 1.29 is 13.2 Å². The lowest BCUT2D eigenvalue weighted by atomic mass is 10.3. The predicted octanol–water partition coefficient (Wildman–Crippen LogP) is 0.321. The molecule has 0 unspecified atom stereocenters. The van der Waals surface area contributed by atoms with E-state index in [4.69, 9.17) is 10.5 Å². The maximum Gasteiger partial charge on any atom is 0.240 e. The first-order chi connectivity index (χ1) is 7.49. The molecule has 0 aliphatic heterocycles. The molecule has 0 fully saturated rings. The highest BCUT2D eigenvalue weighted by Gasteiger charge is 2.16. The minimum atomic E-state index is -3.51. The van der Waals surface area contributed by atoms with E-state index in [1.54, 1.807) is 19.1 Å². The van der Waals surface area contributed by atoms with Gasteiger partial charge in [-0.05, 0) is 19.1 Å². The first-order valence-electron chi connectivity index (χ1n) is 4.86. The number of sulfonamides is 1. The third-order valence-corrected chi connectivity index (χ3v) is 3.65. The number of hydrogen-bond donors (Lipinski definition) is 2. The minimum absolute atomic E-state index is 0.173. The highest BCUT2D eigenvalue weighted by atomic mass is 32.2. The topological polar surface area (TPSA) is 81.4 Å². The zero-order valence-corrected chi connectivity index (χ0v) is 10.1. The van der Waals surface area contributed by atoms with Gasteiger partial charge in [0.1, 0.15) is 5.75 Å². The molecule has 0 aliphatic rings. The second-order valence-electron chi connectivity index (χ2n) is 3.44. The Labute approximate surface area is 95.7 Å². The van der Waals surface area contributed by atoms with Crippen LogP contribution in [0.2, 0.25) is 0 Å². The van der Waals surface area contributed by atoms with Crippen LogP contribution in [0.25, 0.3) is 0 Å². The molecule has 6 heteroatoms. The van der Waals surface area contributed by atoms with Crippen molar-refractivity contribution >= 4 is 10.0 Å². The highest BCUT2D eigenvalue weighted by Crippen LogP contribution is 2.16. The van der Waals surface area contributed by atoms with E-state index in [-0.39, 0.29) is 17.5 Å². The van der Waals surface area contributed by atoms with Crippen molar-refractivity contribution in [3.8, 4) is 5.75 Å². The number of benzene rings is 1. The Hall–Kier alpha value is -1.11. The third-order valence-electron chi connectivity index (χ3n) is 2.06. The smallest absolute Gasteiger partial charge is 0.240 e. The van der Waals surface area contributed by atoms with E-state index in [9.17, 15) is 8.42 Å². The molecule has 0 saturated heterocycles. The van der Waals surface area contributed by atoms with E-state index in [2.05, 4.69) is 4.72 Å². The van der Waals surface area contributed by atoms with Crippen LogP contribution in [0.4, 0.5) is 0 Å². The van der Waals surface area contributed by atoms with Crippen LogP contribution >= 0.6 is 0 Å². The van der Waals surface area contributed by atoms with Crippen LogP contribution in [0, 0.1) is 0 Å². The van der Waals surface area contributed by atoms with E-state index in [0.717, 1.165) is 0 Å². The van der Waals surface area contributed by atoms with Gasteiger partial charge in [0.15, 0.2) is 0 Å². The molecule has 3 N–H and O–H groups in total. The molecule has 90 valence electrons. The Morgan fingerprint density at radius 2 is 2.19 bits per heavy atom. The summed E-state index contributed by atoms with van der Waals surface area (Å²) in [4.78, 5) is 0.173. The Bertz CT molecular complexity index is 445. The number of rotatable bonds is 5. The average molecular weight is 244 g/mol. The first-order valence-corrected chi connectivity index (χ1v) is 6.34. The van der Waals surface area contributed by atoms with Crippen molar-refractivity contribution in [3.63, 3.8) is 0 Å². The number of nitrogens with one attached hydrogen (secondary N) is 1. The van der Waals surface area contributed by atoms with Crippen molar-refractivity contribution in [2.24, 2.45) is 5.73 Å². The molecule has 0 saturated carbocycles. The zero-order valence-electron chi connectivity index (χ0n) is 9.30. The molecule has 1 atom stereocenters. The van der Waals surface area contributed by atoms with Crippen LogP contribution in [0.3, 0.4) is 0 Å². The molecule has 1 rings (SSSR count). The van der Waals surface area contributed by atoms with E-state index in [0.29, 0.717) is 5.75 Å². The molecular weight excluding hydrogens is 228 g/mol. The molecule has 1 aromatic rings. The fraction of sp³-hybridized carbons (Fsp3) is 0.400. The molecule has 0 amide bonds. The van der Waals surface area contributed by atoms with Crippen LogP contribution in [0.1, 0.15) is 6.92 Å². The third kappa shape index (κ3) is 3.19. The van der Waals surface area contributed by atoms with Gasteiger partial charge in [0, 0.05) is 18.7 Å². The van der Waals surface area contributed by atoms with Crippen LogP contribution in [-0.2, 0) is 10.0 Å². The normalized spacial score (nSPS) is 13.4. The van der Waals surface area contributed by atoms with Gasteiger partial charge in [0.2, 0.25) is 10.0 Å². The summed E-state index contributed by atoms with van der Waals surface area (Å²) in [6.07, 6.45) is 0. The lowest BCUT2D eigenvalue weighted by Crippen LogP contribution is -2.37. The van der Waals surface area contributed by atoms with Gasteiger partial charge in [0.05, 0.1) is 12.0 Å². The Morgan fingerprint density at radius 1 is 1.50 bits per heavy atom. The van der Waals surface area contributed by atoms with Crippen molar-refractivity contribution in [1.82, 2.24) is 4.72 Å². The summed E-state index contributed by atoms with van der Waals surface area (Å²) in [5.41, 5.74) is 5.36. The quantitative estimate of drug-likeness (QED) is 0.781. The second-order valence-corrected chi connectivity index (χ2v) is 5.15. The molecule has 16 heavy (non-hydrogen) atoms. The van der Waals surface area contributed by atoms with Gasteiger partial charge in [-0.15, -0.1) is 0 Å². The number of nitrogens with two attached hydrogens (primary N) is 1. The monoisotopic (exact) mass is 244 g/mol. The lowest BCUT2D eigenvalue weighted by molar-refractivity contribution is 0.413. The van der Waals surface area contributed by atoms with Gasteiger partial charge in [0.25, 0.3) is 0 Å². The largest absolute Gasteiger partial charge is 0.497 e. The number of methoxy groups -OCH3 is 1. The summed E-state index contributed by atoms with van der Waals surface area (Å²) in [5, 5.41) is 0. The van der Waals surface area contributed by atoms with Gasteiger partial charge in [-0.25, -0.2) is 13.1 Å². The van der Waals surface area contributed by atoms with Gasteiger partial charge >= 0.3 is 0 Å². The fourth-order valence-corrected chi connectivity index (χ4v) is 2.44. The SMILES string of the molecule is COc1cccc(S(=O)(=O)N[C@H](C)CN)c1. The molecule has 5 nitrogen and oxygen atoms in total. The summed E-state index contributed by atoms with van der Waals surface area (Å²) in [6, 6.07) is 5.99.